The van der Waals surface area contributed by atoms with E-state index in [9.17, 15) is 0 Å². The van der Waals surface area contributed by atoms with Gasteiger partial charge in [-0.05, 0) is 45.8 Å². The standard InChI is InChI=1S/2C8H6S.CH2O/c2*1-2-4-8-7(3-1)5-6-9-8;1-2/h2*1-6H;1H2. The summed E-state index contributed by atoms with van der Waals surface area (Å²) >= 11 is 3.57. The predicted octanol–water partition coefficient (Wildman–Crippen LogP) is 5.62. The molecule has 0 aliphatic heterocycles. The van der Waals surface area contributed by atoms with Crippen molar-refractivity contribution in [3.05, 3.63) is 71.4 Å². The molecule has 0 N–H and O–H groups in total. The van der Waals surface area contributed by atoms with Gasteiger partial charge < -0.3 is 4.79 Å². The summed E-state index contributed by atoms with van der Waals surface area (Å²) < 4.78 is 2.75. The molecule has 4 rings (SSSR count). The summed E-state index contributed by atoms with van der Waals surface area (Å²) in [4.78, 5) is 8.00. The summed E-state index contributed by atoms with van der Waals surface area (Å²) in [6.07, 6.45) is 0. The lowest BCUT2D eigenvalue weighted by molar-refractivity contribution is -0.0979. The lowest BCUT2D eigenvalue weighted by atomic mass is 10.3. The van der Waals surface area contributed by atoms with Crippen molar-refractivity contribution in [1.82, 2.24) is 0 Å². The van der Waals surface area contributed by atoms with Crippen LogP contribution in [0.15, 0.2) is 71.4 Å². The molecule has 20 heavy (non-hydrogen) atoms. The summed E-state index contributed by atoms with van der Waals surface area (Å²) in [5, 5.41) is 6.93. The molecule has 100 valence electrons. The van der Waals surface area contributed by atoms with Crippen LogP contribution in [0, 0.1) is 0 Å². The third-order valence-electron chi connectivity index (χ3n) is 2.72. The SMILES string of the molecule is C=O.c1ccc2sccc2c1.c1ccc2sccc2c1. The summed E-state index contributed by atoms with van der Waals surface area (Å²) in [6.45, 7) is 2.00. The first kappa shape index (κ1) is 14.4. The van der Waals surface area contributed by atoms with Gasteiger partial charge in [-0.3, -0.25) is 0 Å². The van der Waals surface area contributed by atoms with Gasteiger partial charge in [-0.25, -0.2) is 0 Å². The lowest BCUT2D eigenvalue weighted by Crippen LogP contribution is -1.56. The van der Waals surface area contributed by atoms with Crippen LogP contribution in [0.1, 0.15) is 0 Å². The van der Waals surface area contributed by atoms with E-state index in [0.29, 0.717) is 0 Å². The molecule has 0 atom stereocenters. The lowest BCUT2D eigenvalue weighted by Gasteiger charge is -1.82. The number of hydrogen-bond acceptors (Lipinski definition) is 3. The summed E-state index contributed by atoms with van der Waals surface area (Å²) in [5.41, 5.74) is 0. The Morgan fingerprint density at radius 3 is 1.40 bits per heavy atom. The highest BCUT2D eigenvalue weighted by Crippen LogP contribution is 2.19. The Bertz CT molecular complexity index is 644. The predicted molar refractivity (Wildman–Crippen MR) is 90.8 cm³/mol. The maximum Gasteiger partial charge on any atom is 0.106 e. The smallest absolute Gasteiger partial charge is 0.106 e. The Hall–Kier alpha value is -1.97. The normalized spacial score (nSPS) is 9.40. The highest BCUT2D eigenvalue weighted by molar-refractivity contribution is 7.17. The number of carbonyl (C=O) groups is 1. The van der Waals surface area contributed by atoms with Crippen LogP contribution in [0.5, 0.6) is 0 Å². The highest BCUT2D eigenvalue weighted by Gasteiger charge is 1.88. The molecule has 2 aromatic carbocycles. The van der Waals surface area contributed by atoms with Gasteiger partial charge in [0.25, 0.3) is 0 Å². The summed E-state index contributed by atoms with van der Waals surface area (Å²) in [6, 6.07) is 21.1. The number of thiophene rings is 2. The van der Waals surface area contributed by atoms with Gasteiger partial charge in [0, 0.05) is 9.40 Å². The minimum Gasteiger partial charge on any atom is -0.307 e. The van der Waals surface area contributed by atoms with E-state index < -0.39 is 0 Å². The molecule has 2 aromatic heterocycles. The maximum absolute atomic E-state index is 8.00. The highest BCUT2D eigenvalue weighted by atomic mass is 32.1. The Kier molecular flexibility index (Phi) is 5.47. The van der Waals surface area contributed by atoms with Crippen molar-refractivity contribution in [3.63, 3.8) is 0 Å². The zero-order valence-corrected chi connectivity index (χ0v) is 12.5. The molecule has 0 bridgehead atoms. The van der Waals surface area contributed by atoms with Gasteiger partial charge in [0.2, 0.25) is 0 Å². The zero-order chi connectivity index (χ0) is 14.2. The minimum absolute atomic E-state index is 1.35. The average molecular weight is 298 g/mol. The van der Waals surface area contributed by atoms with Gasteiger partial charge in [-0.1, -0.05) is 36.4 Å². The van der Waals surface area contributed by atoms with Gasteiger partial charge >= 0.3 is 0 Å². The third kappa shape index (κ3) is 3.53. The van der Waals surface area contributed by atoms with Crippen molar-refractivity contribution in [2.45, 2.75) is 0 Å². The number of hydrogen-bond donors (Lipinski definition) is 0. The summed E-state index contributed by atoms with van der Waals surface area (Å²) in [5.74, 6) is 0. The van der Waals surface area contributed by atoms with Gasteiger partial charge in [0.05, 0.1) is 0 Å². The molecule has 0 aliphatic carbocycles. The second-order valence-corrected chi connectivity index (χ2v) is 5.81. The fourth-order valence-corrected chi connectivity index (χ4v) is 3.39. The van der Waals surface area contributed by atoms with E-state index in [2.05, 4.69) is 71.4 Å². The van der Waals surface area contributed by atoms with Crippen LogP contribution in [0.2, 0.25) is 0 Å². The molecule has 0 saturated heterocycles. The van der Waals surface area contributed by atoms with Crippen LogP contribution in [0.25, 0.3) is 20.2 Å². The first-order valence-electron chi connectivity index (χ1n) is 6.07. The topological polar surface area (TPSA) is 17.1 Å². The van der Waals surface area contributed by atoms with E-state index in [0.717, 1.165) is 0 Å². The fourth-order valence-electron chi connectivity index (χ4n) is 1.81. The quantitative estimate of drug-likeness (QED) is 0.412. The van der Waals surface area contributed by atoms with E-state index in [1.807, 2.05) is 6.79 Å². The van der Waals surface area contributed by atoms with E-state index in [1.165, 1.54) is 20.2 Å². The van der Waals surface area contributed by atoms with Gasteiger partial charge in [-0.2, -0.15) is 0 Å². The van der Waals surface area contributed by atoms with Crippen LogP contribution in [0.3, 0.4) is 0 Å². The van der Waals surface area contributed by atoms with E-state index >= 15 is 0 Å². The van der Waals surface area contributed by atoms with Crippen LogP contribution in [-0.2, 0) is 4.79 Å². The molecule has 0 fully saturated rings. The molecule has 0 aliphatic rings. The van der Waals surface area contributed by atoms with Gasteiger partial charge in [0.1, 0.15) is 6.79 Å². The second-order valence-electron chi connectivity index (χ2n) is 3.92. The first-order chi connectivity index (χ1) is 9.93. The van der Waals surface area contributed by atoms with Crippen molar-refractivity contribution in [2.24, 2.45) is 0 Å². The molecule has 4 aromatic rings. The fraction of sp³-hybridized carbons (Fsp3) is 0. The van der Waals surface area contributed by atoms with Crippen LogP contribution >= 0.6 is 22.7 Å². The second kappa shape index (κ2) is 7.58. The van der Waals surface area contributed by atoms with E-state index in [-0.39, 0.29) is 0 Å². The minimum atomic E-state index is 1.35. The molecule has 0 spiro atoms. The average Bonchev–Trinajstić information content (AvgIpc) is 3.18. The number of rotatable bonds is 0. The largest absolute Gasteiger partial charge is 0.307 e. The monoisotopic (exact) mass is 298 g/mol. The molecule has 0 radical (unpaired) electrons. The molecule has 0 unspecified atom stereocenters. The number of carbonyl (C=O) groups excluding carboxylic acids is 1. The van der Waals surface area contributed by atoms with Crippen LogP contribution in [0.4, 0.5) is 0 Å². The Morgan fingerprint density at radius 1 is 0.600 bits per heavy atom. The zero-order valence-electron chi connectivity index (χ0n) is 10.9. The molecule has 3 heteroatoms. The summed E-state index contributed by atoms with van der Waals surface area (Å²) in [7, 11) is 0. The Morgan fingerprint density at radius 2 is 1.00 bits per heavy atom. The maximum atomic E-state index is 8.00. The van der Waals surface area contributed by atoms with Crippen molar-refractivity contribution in [2.75, 3.05) is 0 Å². The Labute approximate surface area is 126 Å². The van der Waals surface area contributed by atoms with Crippen LogP contribution < -0.4 is 0 Å². The van der Waals surface area contributed by atoms with Crippen molar-refractivity contribution >= 4 is 49.6 Å². The van der Waals surface area contributed by atoms with Crippen LogP contribution in [-0.4, -0.2) is 6.79 Å². The molecule has 2 heterocycles. The first-order valence-corrected chi connectivity index (χ1v) is 7.83. The molecule has 1 nitrogen and oxygen atoms in total. The molecular formula is C17H14OS2. The van der Waals surface area contributed by atoms with Crippen molar-refractivity contribution in [3.8, 4) is 0 Å². The van der Waals surface area contributed by atoms with E-state index in [1.54, 1.807) is 22.7 Å². The van der Waals surface area contributed by atoms with Crippen molar-refractivity contribution in [1.29, 1.82) is 0 Å². The van der Waals surface area contributed by atoms with Gasteiger partial charge in [-0.15, -0.1) is 22.7 Å². The van der Waals surface area contributed by atoms with E-state index in [4.69, 9.17) is 4.79 Å². The van der Waals surface area contributed by atoms with Crippen molar-refractivity contribution < 1.29 is 4.79 Å². The molecule has 0 amide bonds. The third-order valence-corrected chi connectivity index (χ3v) is 4.52. The molecule has 0 saturated carbocycles. The number of benzene rings is 2. The Balaban J connectivity index is 0.000000131. The molecular weight excluding hydrogens is 284 g/mol. The number of fused-ring (bicyclic) bond motifs is 2. The van der Waals surface area contributed by atoms with Gasteiger partial charge in [0.15, 0.2) is 0 Å².